The van der Waals surface area contributed by atoms with Crippen molar-refractivity contribution in [3.63, 3.8) is 0 Å². The Morgan fingerprint density at radius 1 is 1.29 bits per heavy atom. The van der Waals surface area contributed by atoms with Gasteiger partial charge in [-0.3, -0.25) is 0 Å². The number of nitrogens with two attached hydrogens (primary N) is 1. The molecule has 1 fully saturated rings. The van der Waals surface area contributed by atoms with E-state index in [-0.39, 0.29) is 5.54 Å². The SMILES string of the molecule is CCCCCC1(N)CCCC(C)C1C. The van der Waals surface area contributed by atoms with Gasteiger partial charge in [0.1, 0.15) is 0 Å². The lowest BCUT2D eigenvalue weighted by Crippen LogP contribution is -2.50. The van der Waals surface area contributed by atoms with Crippen LogP contribution in [0.5, 0.6) is 0 Å². The fourth-order valence-electron chi connectivity index (χ4n) is 2.85. The van der Waals surface area contributed by atoms with Crippen molar-refractivity contribution in [2.45, 2.75) is 71.3 Å². The Hall–Kier alpha value is -0.0400. The van der Waals surface area contributed by atoms with Crippen molar-refractivity contribution in [3.8, 4) is 0 Å². The number of hydrogen-bond donors (Lipinski definition) is 1. The maximum atomic E-state index is 6.53. The molecule has 3 atom stereocenters. The van der Waals surface area contributed by atoms with E-state index in [0.29, 0.717) is 5.92 Å². The van der Waals surface area contributed by atoms with E-state index in [1.807, 2.05) is 0 Å². The molecule has 1 aliphatic rings. The summed E-state index contributed by atoms with van der Waals surface area (Å²) < 4.78 is 0. The van der Waals surface area contributed by atoms with Crippen molar-refractivity contribution in [2.75, 3.05) is 0 Å². The molecule has 0 aromatic heterocycles. The van der Waals surface area contributed by atoms with Gasteiger partial charge in [0.25, 0.3) is 0 Å². The van der Waals surface area contributed by atoms with Crippen LogP contribution in [-0.4, -0.2) is 5.54 Å². The smallest absolute Gasteiger partial charge is 0.0182 e. The van der Waals surface area contributed by atoms with E-state index in [1.165, 1.54) is 44.9 Å². The first kappa shape index (κ1) is 12.0. The Morgan fingerprint density at radius 3 is 2.64 bits per heavy atom. The van der Waals surface area contributed by atoms with Gasteiger partial charge in [0, 0.05) is 5.54 Å². The van der Waals surface area contributed by atoms with Gasteiger partial charge in [0.05, 0.1) is 0 Å². The lowest BCUT2D eigenvalue weighted by atomic mass is 9.67. The standard InChI is InChI=1S/C13H27N/c1-4-5-6-9-13(14)10-7-8-11(2)12(13)3/h11-12H,4-10,14H2,1-3H3. The predicted molar refractivity (Wildman–Crippen MR) is 63.2 cm³/mol. The van der Waals surface area contributed by atoms with Gasteiger partial charge in [-0.2, -0.15) is 0 Å². The van der Waals surface area contributed by atoms with Crippen LogP contribution in [0.15, 0.2) is 0 Å². The van der Waals surface area contributed by atoms with E-state index >= 15 is 0 Å². The summed E-state index contributed by atoms with van der Waals surface area (Å²) in [6.45, 7) is 6.98. The maximum absolute atomic E-state index is 6.53. The lowest BCUT2D eigenvalue weighted by molar-refractivity contribution is 0.131. The Labute approximate surface area is 89.5 Å². The molecule has 1 heteroatoms. The second-order valence-electron chi connectivity index (χ2n) is 5.35. The summed E-state index contributed by atoms with van der Waals surface area (Å²) in [6.07, 6.45) is 9.20. The summed E-state index contributed by atoms with van der Waals surface area (Å²) in [5, 5.41) is 0. The monoisotopic (exact) mass is 197 g/mol. The largest absolute Gasteiger partial charge is 0.325 e. The van der Waals surface area contributed by atoms with E-state index in [9.17, 15) is 0 Å². The van der Waals surface area contributed by atoms with E-state index < -0.39 is 0 Å². The van der Waals surface area contributed by atoms with Gasteiger partial charge in [-0.05, 0) is 24.7 Å². The topological polar surface area (TPSA) is 26.0 Å². The van der Waals surface area contributed by atoms with Crippen LogP contribution in [0.1, 0.15) is 65.7 Å². The number of rotatable bonds is 4. The van der Waals surface area contributed by atoms with Crippen LogP contribution in [-0.2, 0) is 0 Å². The molecule has 0 aromatic carbocycles. The minimum atomic E-state index is 0.160. The molecule has 1 rings (SSSR count). The van der Waals surface area contributed by atoms with Crippen LogP contribution in [0, 0.1) is 11.8 Å². The quantitative estimate of drug-likeness (QED) is 0.683. The first-order valence-corrected chi connectivity index (χ1v) is 6.39. The highest BCUT2D eigenvalue weighted by molar-refractivity contribution is 4.94. The van der Waals surface area contributed by atoms with E-state index in [0.717, 1.165) is 5.92 Å². The average molecular weight is 197 g/mol. The third-order valence-corrected chi connectivity index (χ3v) is 4.31. The summed E-state index contributed by atoms with van der Waals surface area (Å²) >= 11 is 0. The average Bonchev–Trinajstić information content (AvgIpc) is 2.15. The van der Waals surface area contributed by atoms with Crippen LogP contribution in [0.2, 0.25) is 0 Å². The third-order valence-electron chi connectivity index (χ3n) is 4.31. The fourth-order valence-corrected chi connectivity index (χ4v) is 2.85. The van der Waals surface area contributed by atoms with Gasteiger partial charge in [-0.25, -0.2) is 0 Å². The van der Waals surface area contributed by atoms with Gasteiger partial charge in [-0.15, -0.1) is 0 Å². The van der Waals surface area contributed by atoms with Crippen LogP contribution in [0.4, 0.5) is 0 Å². The molecule has 0 saturated heterocycles. The second-order valence-corrected chi connectivity index (χ2v) is 5.35. The van der Waals surface area contributed by atoms with E-state index in [1.54, 1.807) is 0 Å². The van der Waals surface area contributed by atoms with Crippen molar-refractivity contribution in [2.24, 2.45) is 17.6 Å². The van der Waals surface area contributed by atoms with Crippen LogP contribution in [0.25, 0.3) is 0 Å². The molecule has 14 heavy (non-hydrogen) atoms. The highest BCUT2D eigenvalue weighted by atomic mass is 14.8. The predicted octanol–water partition coefficient (Wildman–Crippen LogP) is 3.72. The number of hydrogen-bond acceptors (Lipinski definition) is 1. The van der Waals surface area contributed by atoms with E-state index in [2.05, 4.69) is 20.8 Å². The number of unbranched alkanes of at least 4 members (excludes halogenated alkanes) is 2. The summed E-state index contributed by atoms with van der Waals surface area (Å²) in [4.78, 5) is 0. The third kappa shape index (κ3) is 2.73. The van der Waals surface area contributed by atoms with E-state index in [4.69, 9.17) is 5.73 Å². The van der Waals surface area contributed by atoms with Gasteiger partial charge in [0.15, 0.2) is 0 Å². The molecule has 1 saturated carbocycles. The van der Waals surface area contributed by atoms with Gasteiger partial charge in [0.2, 0.25) is 0 Å². The highest BCUT2D eigenvalue weighted by Gasteiger charge is 2.37. The summed E-state index contributed by atoms with van der Waals surface area (Å²) in [5.74, 6) is 1.54. The minimum Gasteiger partial charge on any atom is -0.325 e. The van der Waals surface area contributed by atoms with Crippen LogP contribution in [0.3, 0.4) is 0 Å². The summed E-state index contributed by atoms with van der Waals surface area (Å²) in [5.41, 5.74) is 6.69. The molecule has 0 amide bonds. The Kier molecular flexibility index (Phi) is 4.43. The molecule has 1 aliphatic carbocycles. The molecule has 2 N–H and O–H groups in total. The molecular formula is C13H27N. The second kappa shape index (κ2) is 5.16. The molecule has 0 heterocycles. The summed E-state index contributed by atoms with van der Waals surface area (Å²) in [7, 11) is 0. The molecule has 0 aromatic rings. The highest BCUT2D eigenvalue weighted by Crippen LogP contribution is 2.38. The van der Waals surface area contributed by atoms with Crippen molar-refractivity contribution in [1.29, 1.82) is 0 Å². The van der Waals surface area contributed by atoms with Gasteiger partial charge in [-0.1, -0.05) is 52.9 Å². The molecule has 84 valence electrons. The zero-order valence-corrected chi connectivity index (χ0v) is 10.2. The van der Waals surface area contributed by atoms with Crippen molar-refractivity contribution >= 4 is 0 Å². The normalized spacial score (nSPS) is 38.6. The van der Waals surface area contributed by atoms with Crippen molar-refractivity contribution in [1.82, 2.24) is 0 Å². The molecule has 1 nitrogen and oxygen atoms in total. The molecule has 0 aliphatic heterocycles. The molecule has 3 unspecified atom stereocenters. The summed E-state index contributed by atoms with van der Waals surface area (Å²) in [6, 6.07) is 0. The first-order valence-electron chi connectivity index (χ1n) is 6.39. The minimum absolute atomic E-state index is 0.160. The van der Waals surface area contributed by atoms with Crippen molar-refractivity contribution in [3.05, 3.63) is 0 Å². The van der Waals surface area contributed by atoms with Crippen LogP contribution >= 0.6 is 0 Å². The van der Waals surface area contributed by atoms with Gasteiger partial charge < -0.3 is 5.73 Å². The zero-order chi connectivity index (χ0) is 10.6. The molecular weight excluding hydrogens is 170 g/mol. The molecule has 0 radical (unpaired) electrons. The first-order chi connectivity index (χ1) is 6.60. The molecule has 0 spiro atoms. The Bertz CT molecular complexity index is 167. The Balaban J connectivity index is 2.44. The van der Waals surface area contributed by atoms with Crippen molar-refractivity contribution < 1.29 is 0 Å². The maximum Gasteiger partial charge on any atom is 0.0182 e. The van der Waals surface area contributed by atoms with Crippen LogP contribution < -0.4 is 5.73 Å². The zero-order valence-electron chi connectivity index (χ0n) is 10.2. The Morgan fingerprint density at radius 2 is 2.00 bits per heavy atom. The molecule has 0 bridgehead atoms. The fraction of sp³-hybridized carbons (Fsp3) is 1.00. The lowest BCUT2D eigenvalue weighted by Gasteiger charge is -2.43. The van der Waals surface area contributed by atoms with Gasteiger partial charge >= 0.3 is 0 Å².